The fourth-order valence-electron chi connectivity index (χ4n) is 4.31. The Balaban J connectivity index is 1.30. The molecule has 1 aliphatic heterocycles. The number of nitrogens with one attached hydrogen (secondary N) is 1. The van der Waals surface area contributed by atoms with Crippen LogP contribution in [0.2, 0.25) is 5.02 Å². The lowest BCUT2D eigenvalue weighted by atomic mass is 9.74. The molecule has 8 nitrogen and oxygen atoms in total. The largest absolute Gasteiger partial charge is 0.461 e. The summed E-state index contributed by atoms with van der Waals surface area (Å²) in [5.74, 6) is -0.133. The molecule has 1 aromatic carbocycles. The second-order valence-corrected chi connectivity index (χ2v) is 8.95. The van der Waals surface area contributed by atoms with Crippen LogP contribution in [0, 0.1) is 11.8 Å². The Morgan fingerprint density at radius 2 is 1.97 bits per heavy atom. The van der Waals surface area contributed by atoms with E-state index >= 15 is 0 Å². The summed E-state index contributed by atoms with van der Waals surface area (Å²) in [7, 11) is 0. The van der Waals surface area contributed by atoms with Crippen molar-refractivity contribution in [2.45, 2.75) is 25.9 Å². The first-order valence-electron chi connectivity index (χ1n) is 10.9. The molecular formula is C23H26ClN5O3. The maximum Gasteiger partial charge on any atom is 0.296 e. The Morgan fingerprint density at radius 1 is 1.25 bits per heavy atom. The van der Waals surface area contributed by atoms with E-state index in [0.29, 0.717) is 22.4 Å². The van der Waals surface area contributed by atoms with Crippen LogP contribution in [0.5, 0.6) is 6.01 Å². The number of rotatable bonds is 6. The SMILES string of the molecule is CC(C(N)=O)[C@H]1C[C@@H](Oc2nc3nc(-c4ccc(N5CCOCC5)cc4)c(Cl)cc3[nH]2)C1. The number of aromatic amines is 1. The second kappa shape index (κ2) is 8.60. The standard InChI is InChI=1S/C23H26ClN5O3/c1-13(21(25)30)15-10-17(11-15)32-23-26-19-12-18(24)20(27-22(19)28-23)14-2-4-16(5-3-14)29-6-8-31-9-7-29/h2-5,12-13,15,17H,6-11H2,1H3,(H2,25,30)(H,26,27,28)/t13?,15-,17+. The van der Waals surface area contributed by atoms with Gasteiger partial charge in [-0.3, -0.25) is 4.79 Å². The Morgan fingerprint density at radius 3 is 2.66 bits per heavy atom. The van der Waals surface area contributed by atoms with Gasteiger partial charge in [0.15, 0.2) is 5.65 Å². The van der Waals surface area contributed by atoms with E-state index in [1.165, 1.54) is 0 Å². The minimum absolute atomic E-state index is 0.0186. The van der Waals surface area contributed by atoms with Crippen LogP contribution in [0.15, 0.2) is 30.3 Å². The van der Waals surface area contributed by atoms with Crippen LogP contribution in [0.1, 0.15) is 19.8 Å². The number of hydrogen-bond donors (Lipinski definition) is 2. The van der Waals surface area contributed by atoms with Gasteiger partial charge in [-0.25, -0.2) is 4.98 Å². The zero-order valence-electron chi connectivity index (χ0n) is 17.9. The molecule has 2 fully saturated rings. The zero-order valence-corrected chi connectivity index (χ0v) is 18.6. The van der Waals surface area contributed by atoms with Gasteiger partial charge < -0.3 is 25.1 Å². The van der Waals surface area contributed by atoms with Gasteiger partial charge in [0, 0.05) is 30.3 Å². The summed E-state index contributed by atoms with van der Waals surface area (Å²) in [5, 5.41) is 0.547. The van der Waals surface area contributed by atoms with Crippen LogP contribution in [0.4, 0.5) is 5.69 Å². The number of anilines is 1. The summed E-state index contributed by atoms with van der Waals surface area (Å²) >= 11 is 6.54. The molecule has 1 saturated carbocycles. The number of nitrogens with zero attached hydrogens (tertiary/aromatic N) is 3. The third-order valence-electron chi connectivity index (χ3n) is 6.49. The molecule has 1 saturated heterocycles. The number of amides is 1. The normalized spacial score (nSPS) is 21.9. The number of halogens is 1. The number of aromatic nitrogens is 3. The number of primary amides is 1. The van der Waals surface area contributed by atoms with Crippen LogP contribution in [-0.2, 0) is 9.53 Å². The predicted octanol–water partition coefficient (Wildman–Crippen LogP) is 3.39. The van der Waals surface area contributed by atoms with Gasteiger partial charge in [-0.1, -0.05) is 30.7 Å². The Hall–Kier alpha value is -2.84. The summed E-state index contributed by atoms with van der Waals surface area (Å²) in [5.41, 5.74) is 9.45. The van der Waals surface area contributed by atoms with Crippen molar-refractivity contribution in [2.24, 2.45) is 17.6 Å². The Kier molecular flexibility index (Phi) is 5.65. The summed E-state index contributed by atoms with van der Waals surface area (Å²) in [6.45, 7) is 5.15. The number of benzene rings is 1. The molecule has 168 valence electrons. The van der Waals surface area contributed by atoms with Gasteiger partial charge in [0.05, 0.1) is 29.4 Å². The highest BCUT2D eigenvalue weighted by atomic mass is 35.5. The Bertz CT molecular complexity index is 1120. The lowest BCUT2D eigenvalue weighted by molar-refractivity contribution is -0.125. The van der Waals surface area contributed by atoms with E-state index in [4.69, 9.17) is 26.8 Å². The van der Waals surface area contributed by atoms with E-state index in [1.807, 2.05) is 25.1 Å². The first-order chi connectivity index (χ1) is 15.5. The van der Waals surface area contributed by atoms with E-state index in [1.54, 1.807) is 0 Å². The zero-order chi connectivity index (χ0) is 22.2. The maximum atomic E-state index is 11.3. The van der Waals surface area contributed by atoms with E-state index in [9.17, 15) is 4.79 Å². The van der Waals surface area contributed by atoms with Crippen molar-refractivity contribution in [1.82, 2.24) is 15.0 Å². The van der Waals surface area contributed by atoms with Crippen LogP contribution < -0.4 is 15.4 Å². The summed E-state index contributed by atoms with van der Waals surface area (Å²) in [4.78, 5) is 25.9. The molecule has 1 aliphatic carbocycles. The highest BCUT2D eigenvalue weighted by molar-refractivity contribution is 6.33. The van der Waals surface area contributed by atoms with Crippen LogP contribution in [-0.4, -0.2) is 53.3 Å². The second-order valence-electron chi connectivity index (χ2n) is 8.54. The Labute approximate surface area is 191 Å². The quantitative estimate of drug-likeness (QED) is 0.590. The number of imidazole rings is 1. The van der Waals surface area contributed by atoms with E-state index in [0.717, 1.165) is 55.9 Å². The van der Waals surface area contributed by atoms with Gasteiger partial charge in [0.25, 0.3) is 6.01 Å². The number of H-pyrrole nitrogens is 1. The summed E-state index contributed by atoms with van der Waals surface area (Å²) in [6, 6.07) is 10.5. The maximum absolute atomic E-state index is 11.3. The topological polar surface area (TPSA) is 106 Å². The van der Waals surface area contributed by atoms with Gasteiger partial charge in [-0.05, 0) is 37.0 Å². The lowest BCUT2D eigenvalue weighted by Gasteiger charge is -2.37. The average molecular weight is 456 g/mol. The third kappa shape index (κ3) is 4.12. The molecule has 1 amide bonds. The molecule has 1 atom stereocenters. The number of pyridine rings is 1. The fourth-order valence-corrected chi connectivity index (χ4v) is 4.57. The number of carbonyl (C=O) groups is 1. The highest BCUT2D eigenvalue weighted by Gasteiger charge is 2.37. The summed E-state index contributed by atoms with van der Waals surface area (Å²) in [6.07, 6.45) is 1.59. The van der Waals surface area contributed by atoms with Gasteiger partial charge in [-0.15, -0.1) is 0 Å². The van der Waals surface area contributed by atoms with Crippen molar-refractivity contribution in [3.8, 4) is 17.3 Å². The molecule has 9 heteroatoms. The molecular weight excluding hydrogens is 430 g/mol. The molecule has 5 rings (SSSR count). The molecule has 0 radical (unpaired) electrons. The molecule has 0 spiro atoms. The smallest absolute Gasteiger partial charge is 0.296 e. The minimum Gasteiger partial charge on any atom is -0.461 e. The highest BCUT2D eigenvalue weighted by Crippen LogP contribution is 2.37. The fraction of sp³-hybridized carbons (Fsp3) is 0.435. The molecule has 3 N–H and O–H groups in total. The summed E-state index contributed by atoms with van der Waals surface area (Å²) < 4.78 is 11.4. The van der Waals surface area contributed by atoms with Gasteiger partial charge in [0.1, 0.15) is 6.10 Å². The third-order valence-corrected chi connectivity index (χ3v) is 6.78. The number of carbonyl (C=O) groups excluding carboxylic acids is 1. The van der Waals surface area contributed by atoms with Crippen molar-refractivity contribution >= 4 is 34.4 Å². The first-order valence-corrected chi connectivity index (χ1v) is 11.3. The molecule has 3 aromatic rings. The molecule has 2 aromatic heterocycles. The van der Waals surface area contributed by atoms with E-state index < -0.39 is 0 Å². The van der Waals surface area contributed by atoms with Crippen LogP contribution >= 0.6 is 11.6 Å². The predicted molar refractivity (Wildman–Crippen MR) is 123 cm³/mol. The van der Waals surface area contributed by atoms with Crippen molar-refractivity contribution in [2.75, 3.05) is 31.2 Å². The molecule has 3 heterocycles. The monoisotopic (exact) mass is 455 g/mol. The van der Waals surface area contributed by atoms with Crippen LogP contribution in [0.25, 0.3) is 22.4 Å². The number of ether oxygens (including phenoxy) is 2. The van der Waals surface area contributed by atoms with Gasteiger partial charge in [-0.2, -0.15) is 4.98 Å². The number of morpholine rings is 1. The van der Waals surface area contributed by atoms with E-state index in [2.05, 4.69) is 32.0 Å². The number of nitrogens with two attached hydrogens (primary N) is 1. The van der Waals surface area contributed by atoms with Crippen molar-refractivity contribution in [3.63, 3.8) is 0 Å². The van der Waals surface area contributed by atoms with E-state index in [-0.39, 0.29) is 23.8 Å². The van der Waals surface area contributed by atoms with Crippen molar-refractivity contribution in [3.05, 3.63) is 35.4 Å². The average Bonchev–Trinajstić information content (AvgIpc) is 3.17. The van der Waals surface area contributed by atoms with Crippen molar-refractivity contribution in [1.29, 1.82) is 0 Å². The van der Waals surface area contributed by atoms with Crippen LogP contribution in [0.3, 0.4) is 0 Å². The minimum atomic E-state index is -0.262. The molecule has 0 bridgehead atoms. The molecule has 32 heavy (non-hydrogen) atoms. The van der Waals surface area contributed by atoms with Gasteiger partial charge >= 0.3 is 0 Å². The number of fused-ring (bicyclic) bond motifs is 1. The first kappa shape index (κ1) is 21.0. The number of hydrogen-bond acceptors (Lipinski definition) is 6. The van der Waals surface area contributed by atoms with Gasteiger partial charge in [0.2, 0.25) is 5.91 Å². The lowest BCUT2D eigenvalue weighted by Crippen LogP contribution is -2.41. The van der Waals surface area contributed by atoms with Crippen molar-refractivity contribution < 1.29 is 14.3 Å². The molecule has 2 aliphatic rings. The molecule has 1 unspecified atom stereocenters.